The van der Waals surface area contributed by atoms with Crippen molar-refractivity contribution in [3.63, 3.8) is 0 Å². The van der Waals surface area contributed by atoms with Crippen molar-refractivity contribution in [2.45, 2.75) is 13.8 Å². The molecule has 13 heavy (non-hydrogen) atoms. The van der Waals surface area contributed by atoms with Crippen molar-refractivity contribution in [1.29, 1.82) is 0 Å². The Morgan fingerprint density at radius 1 is 1.54 bits per heavy atom. The van der Waals surface area contributed by atoms with Gasteiger partial charge in [0.05, 0.1) is 6.61 Å². The highest BCUT2D eigenvalue weighted by atomic mass is 16.5. The third-order valence-corrected chi connectivity index (χ3v) is 1.39. The number of esters is 1. The minimum Gasteiger partial charge on any atom is -0.460 e. The molecule has 1 rings (SSSR count). The molecule has 0 aliphatic heterocycles. The molecule has 1 heterocycles. The smallest absolute Gasteiger partial charge is 0.374 e. The van der Waals surface area contributed by atoms with Crippen LogP contribution in [0, 0.1) is 6.92 Å². The first-order valence-corrected chi connectivity index (χ1v) is 3.92. The molecule has 0 atom stereocenters. The Morgan fingerprint density at radius 3 is 2.77 bits per heavy atom. The number of carbonyl (C=O) groups excluding carboxylic acids is 1. The zero-order valence-corrected chi connectivity index (χ0v) is 7.49. The molecular formula is C9H10O4. The largest absolute Gasteiger partial charge is 0.460 e. The molecule has 0 unspecified atom stereocenters. The number of rotatable bonds is 2. The van der Waals surface area contributed by atoms with Crippen LogP contribution >= 0.6 is 0 Å². The van der Waals surface area contributed by atoms with Gasteiger partial charge in [-0.1, -0.05) is 0 Å². The maximum Gasteiger partial charge on any atom is 0.374 e. The molecule has 0 N–H and O–H groups in total. The Bertz CT molecular complexity index is 364. The SMILES string of the molecule is CCOC(=O)c1cc(C)cc(=O)o1. The molecule has 0 bridgehead atoms. The minimum absolute atomic E-state index is 0.0492. The van der Waals surface area contributed by atoms with Gasteiger partial charge in [-0.25, -0.2) is 9.59 Å². The summed E-state index contributed by atoms with van der Waals surface area (Å²) in [6.45, 7) is 3.65. The van der Waals surface area contributed by atoms with Gasteiger partial charge in [-0.05, 0) is 25.5 Å². The van der Waals surface area contributed by atoms with Crippen LogP contribution in [0.2, 0.25) is 0 Å². The van der Waals surface area contributed by atoms with Crippen molar-refractivity contribution < 1.29 is 13.9 Å². The van der Waals surface area contributed by atoms with Gasteiger partial charge in [-0.15, -0.1) is 0 Å². The lowest BCUT2D eigenvalue weighted by Gasteiger charge is -1.99. The Balaban J connectivity index is 3.01. The van der Waals surface area contributed by atoms with E-state index in [4.69, 9.17) is 0 Å². The predicted molar refractivity (Wildman–Crippen MR) is 45.7 cm³/mol. The summed E-state index contributed by atoms with van der Waals surface area (Å²) in [5.74, 6) is -0.657. The van der Waals surface area contributed by atoms with Crippen LogP contribution in [0.25, 0.3) is 0 Å². The van der Waals surface area contributed by atoms with Crippen molar-refractivity contribution in [2.24, 2.45) is 0 Å². The van der Waals surface area contributed by atoms with Crippen molar-refractivity contribution in [3.8, 4) is 0 Å². The van der Waals surface area contributed by atoms with Gasteiger partial charge in [-0.2, -0.15) is 0 Å². The molecule has 0 aliphatic rings. The number of carbonyl (C=O) groups is 1. The van der Waals surface area contributed by atoms with E-state index in [0.717, 1.165) is 0 Å². The first-order valence-electron chi connectivity index (χ1n) is 3.92. The van der Waals surface area contributed by atoms with Crippen LogP contribution in [0.3, 0.4) is 0 Å². The van der Waals surface area contributed by atoms with E-state index < -0.39 is 11.6 Å². The lowest BCUT2D eigenvalue weighted by Crippen LogP contribution is -2.09. The van der Waals surface area contributed by atoms with Crippen molar-refractivity contribution in [1.82, 2.24) is 0 Å². The van der Waals surface area contributed by atoms with Gasteiger partial charge in [0.15, 0.2) is 0 Å². The van der Waals surface area contributed by atoms with Crippen molar-refractivity contribution in [3.05, 3.63) is 33.9 Å². The van der Waals surface area contributed by atoms with Crippen LogP contribution in [0.15, 0.2) is 21.3 Å². The number of hydrogen-bond acceptors (Lipinski definition) is 4. The maximum absolute atomic E-state index is 11.1. The highest BCUT2D eigenvalue weighted by molar-refractivity contribution is 5.86. The molecular weight excluding hydrogens is 172 g/mol. The summed E-state index contributed by atoms with van der Waals surface area (Å²) in [6.07, 6.45) is 0. The average Bonchev–Trinajstić information content (AvgIpc) is 2.03. The van der Waals surface area contributed by atoms with E-state index in [0.29, 0.717) is 5.56 Å². The van der Waals surface area contributed by atoms with E-state index in [1.54, 1.807) is 13.8 Å². The van der Waals surface area contributed by atoms with Gasteiger partial charge in [-0.3, -0.25) is 0 Å². The van der Waals surface area contributed by atoms with Crippen LogP contribution in [0.5, 0.6) is 0 Å². The van der Waals surface area contributed by atoms with E-state index in [1.165, 1.54) is 12.1 Å². The minimum atomic E-state index is -0.608. The molecule has 4 heteroatoms. The summed E-state index contributed by atoms with van der Waals surface area (Å²) < 4.78 is 9.31. The summed E-state index contributed by atoms with van der Waals surface area (Å²) in [4.78, 5) is 21.9. The summed E-state index contributed by atoms with van der Waals surface area (Å²) >= 11 is 0. The molecule has 70 valence electrons. The Kier molecular flexibility index (Phi) is 2.84. The zero-order valence-electron chi connectivity index (χ0n) is 7.49. The first kappa shape index (κ1) is 9.51. The summed E-state index contributed by atoms with van der Waals surface area (Å²) in [6, 6.07) is 2.78. The van der Waals surface area contributed by atoms with E-state index in [2.05, 4.69) is 9.15 Å². The fourth-order valence-corrected chi connectivity index (χ4v) is 0.904. The highest BCUT2D eigenvalue weighted by Crippen LogP contribution is 2.01. The van der Waals surface area contributed by atoms with Gasteiger partial charge in [0.25, 0.3) is 0 Å². The molecule has 0 aromatic carbocycles. The van der Waals surface area contributed by atoms with Crippen LogP contribution < -0.4 is 5.63 Å². The molecule has 0 saturated carbocycles. The quantitative estimate of drug-likeness (QED) is 0.643. The molecule has 4 nitrogen and oxygen atoms in total. The summed E-state index contributed by atoms with van der Waals surface area (Å²) in [5.41, 5.74) is 0.141. The van der Waals surface area contributed by atoms with Crippen LogP contribution in [0.4, 0.5) is 0 Å². The van der Waals surface area contributed by atoms with Gasteiger partial charge in [0, 0.05) is 6.07 Å². The van der Waals surface area contributed by atoms with Gasteiger partial charge < -0.3 is 9.15 Å². The van der Waals surface area contributed by atoms with Gasteiger partial charge >= 0.3 is 11.6 Å². The Hall–Kier alpha value is -1.58. The monoisotopic (exact) mass is 182 g/mol. The fraction of sp³-hybridized carbons (Fsp3) is 0.333. The topological polar surface area (TPSA) is 56.5 Å². The van der Waals surface area contributed by atoms with Crippen LogP contribution in [-0.4, -0.2) is 12.6 Å². The molecule has 1 aromatic heterocycles. The molecule has 1 aromatic rings. The van der Waals surface area contributed by atoms with E-state index in [1.807, 2.05) is 0 Å². The standard InChI is InChI=1S/C9H10O4/c1-3-12-9(11)7-4-6(2)5-8(10)13-7/h4-5H,3H2,1-2H3. The zero-order chi connectivity index (χ0) is 9.84. The van der Waals surface area contributed by atoms with E-state index in [9.17, 15) is 9.59 Å². The van der Waals surface area contributed by atoms with Crippen LogP contribution in [-0.2, 0) is 4.74 Å². The average molecular weight is 182 g/mol. The summed E-state index contributed by atoms with van der Waals surface area (Å²) in [7, 11) is 0. The summed E-state index contributed by atoms with van der Waals surface area (Å²) in [5, 5.41) is 0. The second-order valence-electron chi connectivity index (χ2n) is 2.54. The maximum atomic E-state index is 11.1. The van der Waals surface area contributed by atoms with Crippen molar-refractivity contribution in [2.75, 3.05) is 6.61 Å². The molecule has 0 spiro atoms. The van der Waals surface area contributed by atoms with Gasteiger partial charge in [0.2, 0.25) is 5.76 Å². The Labute approximate surface area is 75.1 Å². The molecule has 0 fully saturated rings. The first-order chi connectivity index (χ1) is 6.13. The van der Waals surface area contributed by atoms with E-state index in [-0.39, 0.29) is 12.4 Å². The fourth-order valence-electron chi connectivity index (χ4n) is 0.904. The number of hydrogen-bond donors (Lipinski definition) is 0. The highest BCUT2D eigenvalue weighted by Gasteiger charge is 2.09. The molecule has 0 amide bonds. The second-order valence-corrected chi connectivity index (χ2v) is 2.54. The number of aryl methyl sites for hydroxylation is 1. The van der Waals surface area contributed by atoms with Crippen LogP contribution in [0.1, 0.15) is 23.0 Å². The van der Waals surface area contributed by atoms with Gasteiger partial charge in [0.1, 0.15) is 0 Å². The van der Waals surface area contributed by atoms with Crippen molar-refractivity contribution >= 4 is 5.97 Å². The third-order valence-electron chi connectivity index (χ3n) is 1.39. The van der Waals surface area contributed by atoms with E-state index >= 15 is 0 Å². The molecule has 0 saturated heterocycles. The lowest BCUT2D eigenvalue weighted by atomic mass is 10.3. The third kappa shape index (κ3) is 2.43. The normalized spacial score (nSPS) is 9.69. The number of ether oxygens (including phenoxy) is 1. The predicted octanol–water partition coefficient (Wildman–Crippen LogP) is 1.12. The molecule has 0 aliphatic carbocycles. The Morgan fingerprint density at radius 2 is 2.23 bits per heavy atom. The molecule has 0 radical (unpaired) electrons. The lowest BCUT2D eigenvalue weighted by molar-refractivity contribution is 0.0484. The second kappa shape index (κ2) is 3.89.